The largest absolute Gasteiger partial charge is 0.508 e. The molecule has 0 aliphatic carbocycles. The van der Waals surface area contributed by atoms with Gasteiger partial charge in [-0.15, -0.1) is 0 Å². The first-order valence-electron chi connectivity index (χ1n) is 21.4. The molecule has 0 saturated heterocycles. The Morgan fingerprint density at radius 2 is 0.784 bits per heavy atom. The standard InChI is InChI=1S/C12H15NO5.C10H12N2O4.C10H14N2O2.C10H11NO5.C6H5NO3/c1-4-17-11(14)12(2,3)18-10-7-5-6-9(8-10)13(15)16;1-10(2,9(11)13)16-8-5-3-4-7(6-8)12(14)15;1-10(2,9(12)13)14-8-5-3-4-7(11)6-8;1-10(2,9(12)13)16-8-5-3-4-7(6-8)11(14)15;8-6-3-1-2-5(4-6)7(9)10/h5-8H,4H2,1-3H3;3-6H,1-2H3,(H2,11,13);3-6H,11H2,1-2H3,(H2,12,13);3-6H,1-2H3,(H,12,13);1-4,8H. The Hall–Kier alpha value is -9.62. The summed E-state index contributed by atoms with van der Waals surface area (Å²) in [7, 11) is 0. The number of primary amides is 2. The van der Waals surface area contributed by atoms with Crippen LogP contribution in [0.2, 0.25) is 0 Å². The number of rotatable bonds is 17. The van der Waals surface area contributed by atoms with Crippen LogP contribution < -0.4 is 36.1 Å². The molecule has 0 aliphatic heterocycles. The van der Waals surface area contributed by atoms with Crippen LogP contribution in [0.3, 0.4) is 0 Å². The fourth-order valence-corrected chi connectivity index (χ4v) is 4.84. The molecule has 0 fully saturated rings. The molecule has 0 spiro atoms. The first-order chi connectivity index (χ1) is 34.1. The number of aliphatic carboxylic acids is 1. The van der Waals surface area contributed by atoms with Gasteiger partial charge in [0.05, 0.1) is 50.6 Å². The molecule has 0 radical (unpaired) electrons. The molecule has 0 aliphatic rings. The molecule has 398 valence electrons. The van der Waals surface area contributed by atoms with E-state index in [0.29, 0.717) is 11.4 Å². The Balaban J connectivity index is 0.000000467. The van der Waals surface area contributed by atoms with Crippen molar-refractivity contribution in [2.75, 3.05) is 12.3 Å². The number of hydrogen-bond donors (Lipinski definition) is 5. The minimum atomic E-state index is -1.42. The second-order valence-corrected chi connectivity index (χ2v) is 16.8. The quantitative estimate of drug-likeness (QED) is 0.0259. The number of nitrogens with zero attached hydrogens (tertiary/aromatic N) is 4. The van der Waals surface area contributed by atoms with Crippen LogP contribution in [-0.2, 0) is 23.9 Å². The molecule has 0 bridgehead atoms. The summed E-state index contributed by atoms with van der Waals surface area (Å²) in [6, 6.07) is 28.7. The third-order valence-corrected chi connectivity index (χ3v) is 8.94. The number of non-ortho nitro benzene ring substituents is 4. The summed E-state index contributed by atoms with van der Waals surface area (Å²) in [6.45, 7) is 14.0. The van der Waals surface area contributed by atoms with E-state index in [4.69, 9.17) is 51.1 Å². The average Bonchev–Trinajstić information content (AvgIpc) is 3.29. The van der Waals surface area contributed by atoms with Gasteiger partial charge in [-0.1, -0.05) is 30.3 Å². The molecule has 0 atom stereocenters. The van der Waals surface area contributed by atoms with Gasteiger partial charge in [-0.05, 0) is 98.7 Å². The van der Waals surface area contributed by atoms with Gasteiger partial charge in [0, 0.05) is 36.0 Å². The van der Waals surface area contributed by atoms with Gasteiger partial charge in [0.25, 0.3) is 34.6 Å². The summed E-state index contributed by atoms with van der Waals surface area (Å²) in [5, 5.41) is 59.2. The van der Waals surface area contributed by atoms with Crippen molar-refractivity contribution in [1.29, 1.82) is 0 Å². The van der Waals surface area contributed by atoms with E-state index in [1.165, 1.54) is 113 Å². The predicted molar refractivity (Wildman–Crippen MR) is 266 cm³/mol. The number of carbonyl (C=O) groups is 4. The summed E-state index contributed by atoms with van der Waals surface area (Å²) in [6.07, 6.45) is 0. The second-order valence-electron chi connectivity index (χ2n) is 16.8. The van der Waals surface area contributed by atoms with Gasteiger partial charge in [-0.2, -0.15) is 0 Å². The summed E-state index contributed by atoms with van der Waals surface area (Å²) >= 11 is 0. The number of carboxylic acid groups (broad SMARTS) is 1. The maximum absolute atomic E-state index is 11.6. The van der Waals surface area contributed by atoms with E-state index in [1.54, 1.807) is 65.0 Å². The SMILES string of the molecule is CC(C)(Oc1cccc(N)c1)C(N)=O.CC(C)(Oc1cccc([N+](=O)[O-])c1)C(=O)O.CC(C)(Oc1cccc([N+](=O)[O-])c1)C(N)=O.CCOC(=O)C(C)(C)Oc1cccc([N+](=O)[O-])c1.O=[N+]([O-])c1cccc(O)c1. The molecule has 26 heteroatoms. The van der Waals surface area contributed by atoms with Gasteiger partial charge in [0.2, 0.25) is 0 Å². The molecule has 2 amide bonds. The molecule has 74 heavy (non-hydrogen) atoms. The minimum Gasteiger partial charge on any atom is -0.508 e. The highest BCUT2D eigenvalue weighted by Gasteiger charge is 2.33. The molecule has 5 aromatic rings. The van der Waals surface area contributed by atoms with Gasteiger partial charge >= 0.3 is 11.9 Å². The van der Waals surface area contributed by atoms with Crippen LogP contribution in [0.4, 0.5) is 28.4 Å². The smallest absolute Gasteiger partial charge is 0.349 e. The predicted octanol–water partition coefficient (Wildman–Crippen LogP) is 7.60. The summed E-state index contributed by atoms with van der Waals surface area (Å²) in [5.41, 5.74) is 11.2. The lowest BCUT2D eigenvalue weighted by Crippen LogP contribution is -2.43. The number of nitro benzene ring substituents is 4. The lowest BCUT2D eigenvalue weighted by molar-refractivity contribution is -0.385. The van der Waals surface area contributed by atoms with E-state index < -0.39 is 65.9 Å². The Bertz CT molecular complexity index is 2700. The normalized spacial score (nSPS) is 10.7. The van der Waals surface area contributed by atoms with E-state index in [2.05, 4.69) is 0 Å². The lowest BCUT2D eigenvalue weighted by atomic mass is 10.1. The first-order valence-corrected chi connectivity index (χ1v) is 21.4. The van der Waals surface area contributed by atoms with Crippen LogP contribution in [0.5, 0.6) is 28.7 Å². The second kappa shape index (κ2) is 27.7. The number of phenolic OH excluding ortho intramolecular Hbond substituents is 1. The molecule has 5 aromatic carbocycles. The fraction of sp³-hybridized carbons (Fsp3) is 0.292. The zero-order chi connectivity index (χ0) is 56.8. The highest BCUT2D eigenvalue weighted by atomic mass is 16.6. The van der Waals surface area contributed by atoms with Crippen LogP contribution in [0.1, 0.15) is 62.3 Å². The number of nitro groups is 4. The number of nitrogens with two attached hydrogens (primary N) is 3. The number of carbonyl (C=O) groups excluding carboxylic acids is 3. The molecule has 26 nitrogen and oxygen atoms in total. The van der Waals surface area contributed by atoms with E-state index in [1.807, 2.05) is 0 Å². The first kappa shape index (κ1) is 62.4. The number of aromatic hydroxyl groups is 1. The molecular weight excluding hydrogens is 979 g/mol. The van der Waals surface area contributed by atoms with Crippen molar-refractivity contribution >= 4 is 52.2 Å². The monoisotopic (exact) mass is 1040 g/mol. The number of benzene rings is 5. The van der Waals surface area contributed by atoms with E-state index >= 15 is 0 Å². The zero-order valence-electron chi connectivity index (χ0n) is 41.6. The number of anilines is 1. The van der Waals surface area contributed by atoms with Crippen LogP contribution in [0.15, 0.2) is 121 Å². The van der Waals surface area contributed by atoms with Crippen LogP contribution >= 0.6 is 0 Å². The molecular formula is C48H57N7O19. The van der Waals surface area contributed by atoms with Gasteiger partial charge in [-0.25, -0.2) is 9.59 Å². The summed E-state index contributed by atoms with van der Waals surface area (Å²) in [4.78, 5) is 83.8. The van der Waals surface area contributed by atoms with Crippen molar-refractivity contribution in [2.45, 2.75) is 84.7 Å². The Kier molecular flexibility index (Phi) is 23.3. The average molecular weight is 1040 g/mol. The summed E-state index contributed by atoms with van der Waals surface area (Å²) < 4.78 is 26.1. The molecule has 5 rings (SSSR count). The number of ether oxygens (including phenoxy) is 5. The number of hydrogen-bond acceptors (Lipinski definition) is 19. The third-order valence-electron chi connectivity index (χ3n) is 8.94. The molecule has 0 heterocycles. The summed E-state index contributed by atoms with van der Waals surface area (Å²) in [5.74, 6) is -1.72. The van der Waals surface area contributed by atoms with Gasteiger partial charge < -0.3 is 51.1 Å². The maximum Gasteiger partial charge on any atom is 0.349 e. The topological polar surface area (TPSA) is 406 Å². The van der Waals surface area contributed by atoms with Crippen molar-refractivity contribution in [3.8, 4) is 28.7 Å². The van der Waals surface area contributed by atoms with Crippen LogP contribution in [-0.4, -0.2) is 82.7 Å². The molecule has 8 N–H and O–H groups in total. The number of phenols is 1. The van der Waals surface area contributed by atoms with Crippen molar-refractivity contribution in [3.05, 3.63) is 162 Å². The number of carboxylic acids is 1. The number of amides is 2. The number of nitrogen functional groups attached to an aromatic ring is 1. The lowest BCUT2D eigenvalue weighted by Gasteiger charge is -2.23. The maximum atomic E-state index is 11.6. The molecule has 0 saturated carbocycles. The Morgan fingerprint density at radius 3 is 1.07 bits per heavy atom. The Labute approximate surface area is 423 Å². The minimum absolute atomic E-state index is 0.0887. The highest BCUT2D eigenvalue weighted by molar-refractivity contribution is 5.83. The zero-order valence-corrected chi connectivity index (χ0v) is 41.6. The fourth-order valence-electron chi connectivity index (χ4n) is 4.84. The highest BCUT2D eigenvalue weighted by Crippen LogP contribution is 2.27. The van der Waals surface area contributed by atoms with Crippen LogP contribution in [0.25, 0.3) is 0 Å². The van der Waals surface area contributed by atoms with Gasteiger partial charge in [0.15, 0.2) is 22.4 Å². The van der Waals surface area contributed by atoms with Crippen LogP contribution in [0, 0.1) is 40.5 Å². The number of esters is 1. The molecule has 0 unspecified atom stereocenters. The van der Waals surface area contributed by atoms with Gasteiger partial charge in [-0.3, -0.25) is 50.0 Å². The van der Waals surface area contributed by atoms with Crippen molar-refractivity contribution in [3.63, 3.8) is 0 Å². The third kappa shape index (κ3) is 22.0. The van der Waals surface area contributed by atoms with E-state index in [-0.39, 0.29) is 52.4 Å². The Morgan fingerprint density at radius 1 is 0.486 bits per heavy atom. The molecule has 0 aromatic heterocycles. The van der Waals surface area contributed by atoms with Crippen molar-refractivity contribution < 1.29 is 72.8 Å². The van der Waals surface area contributed by atoms with Crippen molar-refractivity contribution in [2.24, 2.45) is 11.5 Å². The van der Waals surface area contributed by atoms with E-state index in [0.717, 1.165) is 6.07 Å². The van der Waals surface area contributed by atoms with E-state index in [9.17, 15) is 59.6 Å². The van der Waals surface area contributed by atoms with Gasteiger partial charge in [0.1, 0.15) is 28.7 Å². The van der Waals surface area contributed by atoms with Crippen molar-refractivity contribution in [1.82, 2.24) is 0 Å².